The minimum absolute atomic E-state index is 0.135. The third kappa shape index (κ3) is 4.43. The Balaban J connectivity index is 1.60. The van der Waals surface area contributed by atoms with Crippen molar-refractivity contribution in [2.75, 3.05) is 42.5 Å². The van der Waals surface area contributed by atoms with Crippen LogP contribution in [0.25, 0.3) is 0 Å². The van der Waals surface area contributed by atoms with Crippen molar-refractivity contribution in [1.82, 2.24) is 20.3 Å². The molecule has 7 heteroatoms. The van der Waals surface area contributed by atoms with Gasteiger partial charge in [0.15, 0.2) is 0 Å². The molecule has 0 aliphatic carbocycles. The number of anilines is 2. The van der Waals surface area contributed by atoms with Gasteiger partial charge in [0.25, 0.3) is 5.91 Å². The summed E-state index contributed by atoms with van der Waals surface area (Å²) in [6, 6.07) is 7.73. The fraction of sp³-hybridized carbons (Fsp3) is 0.444. The molecule has 1 aliphatic heterocycles. The molecule has 1 aliphatic rings. The minimum Gasteiger partial charge on any atom is -0.353 e. The molecular formula is C18H24N6O. The van der Waals surface area contributed by atoms with Crippen LogP contribution in [-0.2, 0) is 0 Å². The molecule has 1 fully saturated rings. The summed E-state index contributed by atoms with van der Waals surface area (Å²) >= 11 is 0. The van der Waals surface area contributed by atoms with Crippen molar-refractivity contribution in [2.24, 2.45) is 0 Å². The van der Waals surface area contributed by atoms with E-state index < -0.39 is 0 Å². The zero-order valence-corrected chi connectivity index (χ0v) is 14.6. The molecule has 3 heterocycles. The van der Waals surface area contributed by atoms with Crippen LogP contribution < -0.4 is 15.1 Å². The van der Waals surface area contributed by atoms with Crippen LogP contribution in [-0.4, -0.2) is 53.6 Å². The summed E-state index contributed by atoms with van der Waals surface area (Å²) in [5.74, 6) is 1.67. The number of carbonyl (C=O) groups is 1. The first-order valence-corrected chi connectivity index (χ1v) is 8.79. The SMILES string of the molecule is CCCCNC(=O)c1cc(N2CCN(c3ccccn3)CC2)ncn1. The monoisotopic (exact) mass is 340 g/mol. The second kappa shape index (κ2) is 8.41. The first-order chi connectivity index (χ1) is 12.3. The number of aromatic nitrogens is 3. The van der Waals surface area contributed by atoms with E-state index in [-0.39, 0.29) is 5.91 Å². The molecule has 0 unspecified atom stereocenters. The van der Waals surface area contributed by atoms with Crippen molar-refractivity contribution in [3.63, 3.8) is 0 Å². The number of carbonyl (C=O) groups excluding carboxylic acids is 1. The third-order valence-corrected chi connectivity index (χ3v) is 4.28. The first kappa shape index (κ1) is 17.1. The van der Waals surface area contributed by atoms with E-state index in [2.05, 4.69) is 37.0 Å². The maximum atomic E-state index is 12.2. The van der Waals surface area contributed by atoms with Gasteiger partial charge in [0.1, 0.15) is 23.7 Å². The van der Waals surface area contributed by atoms with Gasteiger partial charge >= 0.3 is 0 Å². The molecule has 0 bridgehead atoms. The summed E-state index contributed by atoms with van der Waals surface area (Å²) in [7, 11) is 0. The first-order valence-electron chi connectivity index (χ1n) is 8.79. The van der Waals surface area contributed by atoms with Crippen LogP contribution in [0.2, 0.25) is 0 Å². The Bertz CT molecular complexity index is 685. The molecule has 2 aromatic rings. The Morgan fingerprint density at radius 2 is 1.84 bits per heavy atom. The van der Waals surface area contributed by atoms with Gasteiger partial charge in [-0.15, -0.1) is 0 Å². The molecular weight excluding hydrogens is 316 g/mol. The molecule has 1 N–H and O–H groups in total. The average molecular weight is 340 g/mol. The van der Waals surface area contributed by atoms with Crippen molar-refractivity contribution in [1.29, 1.82) is 0 Å². The molecule has 132 valence electrons. The topological polar surface area (TPSA) is 74.2 Å². The molecule has 2 aromatic heterocycles. The number of hydrogen-bond donors (Lipinski definition) is 1. The van der Waals surface area contributed by atoms with Crippen LogP contribution in [0.5, 0.6) is 0 Å². The van der Waals surface area contributed by atoms with Gasteiger partial charge in [0.2, 0.25) is 0 Å². The Kier molecular flexibility index (Phi) is 5.77. The van der Waals surface area contributed by atoms with Gasteiger partial charge in [-0.1, -0.05) is 19.4 Å². The number of pyridine rings is 1. The Morgan fingerprint density at radius 1 is 1.08 bits per heavy atom. The fourth-order valence-electron chi connectivity index (χ4n) is 2.82. The van der Waals surface area contributed by atoms with Crippen LogP contribution >= 0.6 is 0 Å². The Labute approximate surface area is 148 Å². The molecule has 1 saturated heterocycles. The third-order valence-electron chi connectivity index (χ3n) is 4.28. The molecule has 1 amide bonds. The normalized spacial score (nSPS) is 14.4. The maximum absolute atomic E-state index is 12.2. The van der Waals surface area contributed by atoms with Gasteiger partial charge in [-0.05, 0) is 18.6 Å². The highest BCUT2D eigenvalue weighted by Gasteiger charge is 2.20. The number of nitrogens with one attached hydrogen (secondary N) is 1. The van der Waals surface area contributed by atoms with Gasteiger partial charge in [0, 0.05) is 45.0 Å². The highest BCUT2D eigenvalue weighted by molar-refractivity contribution is 5.92. The second-order valence-corrected chi connectivity index (χ2v) is 6.03. The van der Waals surface area contributed by atoms with E-state index in [0.29, 0.717) is 12.2 Å². The van der Waals surface area contributed by atoms with Gasteiger partial charge in [-0.3, -0.25) is 4.79 Å². The van der Waals surface area contributed by atoms with E-state index in [9.17, 15) is 4.79 Å². The lowest BCUT2D eigenvalue weighted by Crippen LogP contribution is -2.47. The quantitative estimate of drug-likeness (QED) is 0.807. The summed E-state index contributed by atoms with van der Waals surface area (Å²) in [5.41, 5.74) is 0.424. The second-order valence-electron chi connectivity index (χ2n) is 6.03. The van der Waals surface area contributed by atoms with E-state index in [1.165, 1.54) is 6.33 Å². The molecule has 7 nitrogen and oxygen atoms in total. The number of rotatable bonds is 6. The molecule has 0 spiro atoms. The number of unbranched alkanes of at least 4 members (excludes halogenated alkanes) is 1. The fourth-order valence-corrected chi connectivity index (χ4v) is 2.82. The number of nitrogens with zero attached hydrogens (tertiary/aromatic N) is 5. The lowest BCUT2D eigenvalue weighted by molar-refractivity contribution is 0.0948. The van der Waals surface area contributed by atoms with Crippen LogP contribution in [0.4, 0.5) is 11.6 Å². The zero-order chi connectivity index (χ0) is 17.5. The van der Waals surface area contributed by atoms with Gasteiger partial charge in [-0.2, -0.15) is 0 Å². The van der Waals surface area contributed by atoms with Crippen molar-refractivity contribution in [2.45, 2.75) is 19.8 Å². The van der Waals surface area contributed by atoms with Crippen LogP contribution in [0, 0.1) is 0 Å². The van der Waals surface area contributed by atoms with Crippen molar-refractivity contribution < 1.29 is 4.79 Å². The van der Waals surface area contributed by atoms with Crippen molar-refractivity contribution in [3.8, 4) is 0 Å². The summed E-state index contributed by atoms with van der Waals surface area (Å²) in [6.45, 7) is 6.20. The van der Waals surface area contributed by atoms with E-state index in [1.807, 2.05) is 24.4 Å². The van der Waals surface area contributed by atoms with E-state index in [1.54, 1.807) is 6.07 Å². The van der Waals surface area contributed by atoms with E-state index in [0.717, 1.165) is 50.7 Å². The Morgan fingerprint density at radius 3 is 2.52 bits per heavy atom. The van der Waals surface area contributed by atoms with Crippen LogP contribution in [0.1, 0.15) is 30.3 Å². The van der Waals surface area contributed by atoms with Crippen LogP contribution in [0.3, 0.4) is 0 Å². The van der Waals surface area contributed by atoms with Gasteiger partial charge in [0.05, 0.1) is 0 Å². The smallest absolute Gasteiger partial charge is 0.270 e. The molecule has 0 atom stereocenters. The summed E-state index contributed by atoms with van der Waals surface area (Å²) in [4.78, 5) is 29.4. The van der Waals surface area contributed by atoms with Crippen LogP contribution in [0.15, 0.2) is 36.8 Å². The molecule has 0 radical (unpaired) electrons. The Hall–Kier alpha value is -2.70. The molecule has 3 rings (SSSR count). The molecule has 0 aromatic carbocycles. The van der Waals surface area contributed by atoms with Gasteiger partial charge < -0.3 is 15.1 Å². The predicted octanol–water partition coefficient (Wildman–Crippen LogP) is 1.73. The average Bonchev–Trinajstić information content (AvgIpc) is 2.69. The number of amides is 1. The van der Waals surface area contributed by atoms with Crippen molar-refractivity contribution >= 4 is 17.5 Å². The lowest BCUT2D eigenvalue weighted by Gasteiger charge is -2.36. The highest BCUT2D eigenvalue weighted by atomic mass is 16.1. The summed E-state index contributed by atoms with van der Waals surface area (Å²) in [5, 5.41) is 2.89. The predicted molar refractivity (Wildman–Crippen MR) is 97.9 cm³/mol. The number of hydrogen-bond acceptors (Lipinski definition) is 6. The standard InChI is InChI=1S/C18H24N6O/c1-2-3-7-20-18(25)15-13-17(22-14-21-15)24-11-9-23(10-12-24)16-6-4-5-8-19-16/h4-6,8,13-14H,2-3,7,9-12H2,1H3,(H,20,25). The van der Waals surface area contributed by atoms with E-state index in [4.69, 9.17) is 0 Å². The summed E-state index contributed by atoms with van der Waals surface area (Å²) in [6.07, 6.45) is 5.31. The molecule has 0 saturated carbocycles. The van der Waals surface area contributed by atoms with Crippen molar-refractivity contribution in [3.05, 3.63) is 42.5 Å². The van der Waals surface area contributed by atoms with Gasteiger partial charge in [-0.25, -0.2) is 15.0 Å². The zero-order valence-electron chi connectivity index (χ0n) is 14.6. The highest BCUT2D eigenvalue weighted by Crippen LogP contribution is 2.17. The van der Waals surface area contributed by atoms with E-state index >= 15 is 0 Å². The maximum Gasteiger partial charge on any atom is 0.270 e. The largest absolute Gasteiger partial charge is 0.353 e. The lowest BCUT2D eigenvalue weighted by atomic mass is 10.2. The minimum atomic E-state index is -0.135. The number of piperazine rings is 1. The molecule has 25 heavy (non-hydrogen) atoms. The summed E-state index contributed by atoms with van der Waals surface area (Å²) < 4.78 is 0.